The van der Waals surface area contributed by atoms with Gasteiger partial charge in [0, 0.05) is 31.5 Å². The van der Waals surface area contributed by atoms with E-state index in [0.29, 0.717) is 12.6 Å². The largest absolute Gasteiger partial charge is 0.353 e. The summed E-state index contributed by atoms with van der Waals surface area (Å²) in [5.41, 5.74) is 1.16. The van der Waals surface area contributed by atoms with E-state index in [1.807, 2.05) is 30.1 Å². The first-order chi connectivity index (χ1) is 13.1. The third kappa shape index (κ3) is 5.82. The van der Waals surface area contributed by atoms with Crippen molar-refractivity contribution in [1.29, 1.82) is 0 Å². The SMILES string of the molecule is CN(Cc1ccccc1)C(=O)C1CCC(C(=O)NC2CCCCCC2)CC1. The molecule has 3 rings (SSSR count). The molecule has 0 aromatic heterocycles. The molecule has 1 aromatic carbocycles. The van der Waals surface area contributed by atoms with E-state index in [2.05, 4.69) is 17.4 Å². The van der Waals surface area contributed by atoms with Crippen LogP contribution in [0.4, 0.5) is 0 Å². The van der Waals surface area contributed by atoms with Crippen LogP contribution in [-0.2, 0) is 16.1 Å². The molecule has 148 valence electrons. The molecular weight excluding hydrogens is 336 g/mol. The highest BCUT2D eigenvalue weighted by molar-refractivity contribution is 5.81. The molecule has 0 heterocycles. The second-order valence-electron chi connectivity index (χ2n) is 8.43. The molecule has 27 heavy (non-hydrogen) atoms. The molecule has 2 saturated carbocycles. The molecular formula is C23H34N2O2. The zero-order chi connectivity index (χ0) is 19.1. The quantitative estimate of drug-likeness (QED) is 0.786. The molecule has 0 radical (unpaired) electrons. The molecule has 2 amide bonds. The zero-order valence-electron chi connectivity index (χ0n) is 16.7. The first-order valence-corrected chi connectivity index (χ1v) is 10.7. The average molecular weight is 371 g/mol. The van der Waals surface area contributed by atoms with Crippen LogP contribution in [0.3, 0.4) is 0 Å². The van der Waals surface area contributed by atoms with Crippen LogP contribution in [0.2, 0.25) is 0 Å². The molecule has 0 saturated heterocycles. The van der Waals surface area contributed by atoms with Crippen LogP contribution in [0.15, 0.2) is 30.3 Å². The lowest BCUT2D eigenvalue weighted by Crippen LogP contribution is -2.41. The van der Waals surface area contributed by atoms with Crippen LogP contribution < -0.4 is 5.32 Å². The minimum absolute atomic E-state index is 0.0700. The van der Waals surface area contributed by atoms with E-state index in [1.165, 1.54) is 25.7 Å². The second-order valence-corrected chi connectivity index (χ2v) is 8.43. The predicted molar refractivity (Wildman–Crippen MR) is 108 cm³/mol. The lowest BCUT2D eigenvalue weighted by Gasteiger charge is -2.31. The predicted octanol–water partition coefficient (Wildman–Crippen LogP) is 4.29. The maximum absolute atomic E-state index is 12.8. The van der Waals surface area contributed by atoms with Gasteiger partial charge in [-0.15, -0.1) is 0 Å². The van der Waals surface area contributed by atoms with Crippen molar-refractivity contribution in [3.8, 4) is 0 Å². The topological polar surface area (TPSA) is 49.4 Å². The standard InChI is InChI=1S/C23H34N2O2/c1-25(17-18-9-5-4-6-10-18)23(27)20-15-13-19(14-16-20)22(26)24-21-11-7-2-3-8-12-21/h4-6,9-10,19-21H,2-3,7-8,11-17H2,1H3,(H,24,26). The number of nitrogens with zero attached hydrogens (tertiary/aromatic N) is 1. The van der Waals surface area contributed by atoms with Crippen molar-refractivity contribution in [2.75, 3.05) is 7.05 Å². The van der Waals surface area contributed by atoms with Gasteiger partial charge >= 0.3 is 0 Å². The Morgan fingerprint density at radius 1 is 0.889 bits per heavy atom. The molecule has 2 aliphatic carbocycles. The van der Waals surface area contributed by atoms with E-state index < -0.39 is 0 Å². The Bertz CT molecular complexity index is 600. The van der Waals surface area contributed by atoms with Crippen LogP contribution in [0, 0.1) is 11.8 Å². The molecule has 0 atom stereocenters. The molecule has 1 N–H and O–H groups in total. The monoisotopic (exact) mass is 370 g/mol. The van der Waals surface area contributed by atoms with Gasteiger partial charge in [-0.3, -0.25) is 9.59 Å². The maximum atomic E-state index is 12.8. The summed E-state index contributed by atoms with van der Waals surface area (Å²) in [5.74, 6) is 0.615. The van der Waals surface area contributed by atoms with Gasteiger partial charge in [0.25, 0.3) is 0 Å². The van der Waals surface area contributed by atoms with Gasteiger partial charge in [0.05, 0.1) is 0 Å². The Morgan fingerprint density at radius 2 is 1.48 bits per heavy atom. The van der Waals surface area contributed by atoms with Crippen molar-refractivity contribution in [2.24, 2.45) is 11.8 Å². The fraction of sp³-hybridized carbons (Fsp3) is 0.652. The molecule has 1 aromatic rings. The molecule has 0 unspecified atom stereocenters. The first kappa shape index (κ1) is 19.9. The summed E-state index contributed by atoms with van der Waals surface area (Å²) in [6.45, 7) is 0.655. The number of carbonyl (C=O) groups is 2. The van der Waals surface area contributed by atoms with Gasteiger partial charge < -0.3 is 10.2 Å². The molecule has 0 spiro atoms. The van der Waals surface area contributed by atoms with Crippen LogP contribution in [0.1, 0.15) is 69.8 Å². The van der Waals surface area contributed by atoms with E-state index in [0.717, 1.165) is 44.1 Å². The molecule has 2 aliphatic rings. The van der Waals surface area contributed by atoms with E-state index in [-0.39, 0.29) is 23.7 Å². The number of rotatable bonds is 5. The number of amides is 2. The van der Waals surface area contributed by atoms with Crippen molar-refractivity contribution in [2.45, 2.75) is 76.8 Å². The summed E-state index contributed by atoms with van der Waals surface area (Å²) in [4.78, 5) is 27.2. The summed E-state index contributed by atoms with van der Waals surface area (Å²) in [7, 11) is 1.89. The Balaban J connectivity index is 1.43. The first-order valence-electron chi connectivity index (χ1n) is 10.7. The van der Waals surface area contributed by atoms with Crippen LogP contribution >= 0.6 is 0 Å². The highest BCUT2D eigenvalue weighted by Crippen LogP contribution is 2.31. The Kier molecular flexibility index (Phi) is 7.31. The third-order valence-electron chi connectivity index (χ3n) is 6.29. The fourth-order valence-electron chi connectivity index (χ4n) is 4.59. The number of benzene rings is 1. The fourth-order valence-corrected chi connectivity index (χ4v) is 4.59. The summed E-state index contributed by atoms with van der Waals surface area (Å²) < 4.78 is 0. The minimum atomic E-state index is 0.0700. The van der Waals surface area contributed by atoms with Crippen molar-refractivity contribution in [1.82, 2.24) is 10.2 Å². The zero-order valence-corrected chi connectivity index (χ0v) is 16.7. The second kappa shape index (κ2) is 9.91. The van der Waals surface area contributed by atoms with E-state index in [1.54, 1.807) is 0 Å². The van der Waals surface area contributed by atoms with E-state index in [9.17, 15) is 9.59 Å². The normalized spacial score (nSPS) is 24.0. The van der Waals surface area contributed by atoms with Crippen LogP contribution in [-0.4, -0.2) is 29.8 Å². The molecule has 0 aliphatic heterocycles. The number of carbonyl (C=O) groups excluding carboxylic acids is 2. The summed E-state index contributed by atoms with van der Waals surface area (Å²) in [6.07, 6.45) is 10.7. The average Bonchev–Trinajstić information content (AvgIpc) is 2.97. The molecule has 4 heteroatoms. The van der Waals surface area contributed by atoms with Crippen molar-refractivity contribution in [3.63, 3.8) is 0 Å². The Morgan fingerprint density at radius 3 is 2.11 bits per heavy atom. The molecule has 4 nitrogen and oxygen atoms in total. The smallest absolute Gasteiger partial charge is 0.225 e. The molecule has 0 bridgehead atoms. The lowest BCUT2D eigenvalue weighted by molar-refractivity contribution is -0.137. The minimum Gasteiger partial charge on any atom is -0.353 e. The van der Waals surface area contributed by atoms with Crippen molar-refractivity contribution in [3.05, 3.63) is 35.9 Å². The van der Waals surface area contributed by atoms with Gasteiger partial charge in [-0.2, -0.15) is 0 Å². The van der Waals surface area contributed by atoms with Gasteiger partial charge in [0.15, 0.2) is 0 Å². The van der Waals surface area contributed by atoms with E-state index >= 15 is 0 Å². The van der Waals surface area contributed by atoms with Crippen LogP contribution in [0.5, 0.6) is 0 Å². The highest BCUT2D eigenvalue weighted by atomic mass is 16.2. The number of hydrogen-bond donors (Lipinski definition) is 1. The number of nitrogens with one attached hydrogen (secondary N) is 1. The molecule has 2 fully saturated rings. The Labute approximate surface area is 163 Å². The van der Waals surface area contributed by atoms with Gasteiger partial charge in [-0.1, -0.05) is 56.0 Å². The summed E-state index contributed by atoms with van der Waals surface area (Å²) in [5, 5.41) is 3.29. The van der Waals surface area contributed by atoms with Crippen molar-refractivity contribution >= 4 is 11.8 Å². The maximum Gasteiger partial charge on any atom is 0.225 e. The number of hydrogen-bond acceptors (Lipinski definition) is 2. The highest BCUT2D eigenvalue weighted by Gasteiger charge is 2.32. The van der Waals surface area contributed by atoms with Crippen LogP contribution in [0.25, 0.3) is 0 Å². The van der Waals surface area contributed by atoms with Crippen molar-refractivity contribution < 1.29 is 9.59 Å². The van der Waals surface area contributed by atoms with E-state index in [4.69, 9.17) is 0 Å². The Hall–Kier alpha value is -1.84. The van der Waals surface area contributed by atoms with Gasteiger partial charge in [-0.05, 0) is 44.1 Å². The van der Waals surface area contributed by atoms with Gasteiger partial charge in [-0.25, -0.2) is 0 Å². The summed E-state index contributed by atoms with van der Waals surface area (Å²) >= 11 is 0. The lowest BCUT2D eigenvalue weighted by atomic mass is 9.80. The summed E-state index contributed by atoms with van der Waals surface area (Å²) in [6, 6.07) is 10.5. The van der Waals surface area contributed by atoms with Gasteiger partial charge in [0.2, 0.25) is 11.8 Å². The van der Waals surface area contributed by atoms with Gasteiger partial charge in [0.1, 0.15) is 0 Å². The third-order valence-corrected chi connectivity index (χ3v) is 6.29.